The molecule has 2 aliphatic rings. The summed E-state index contributed by atoms with van der Waals surface area (Å²) in [5.41, 5.74) is -1.08. The second kappa shape index (κ2) is 10.0. The van der Waals surface area contributed by atoms with E-state index in [2.05, 4.69) is 22.4 Å². The van der Waals surface area contributed by atoms with Crippen LogP contribution in [0, 0.1) is 18.3 Å². The van der Waals surface area contributed by atoms with E-state index in [4.69, 9.17) is 19.3 Å². The number of rotatable bonds is 8. The number of ether oxygens (including phenoxy) is 2. The number of phosphoric acid groups is 3. The normalized spacial score (nSPS) is 36.5. The third kappa shape index (κ3) is 6.36. The van der Waals surface area contributed by atoms with E-state index >= 15 is 0 Å². The zero-order chi connectivity index (χ0) is 24.4. The second-order valence-electron chi connectivity index (χ2n) is 6.75. The van der Waals surface area contributed by atoms with Crippen LogP contribution < -0.4 is 11.2 Å². The molecule has 6 atom stereocenters. The topological polar surface area (TPSA) is 215 Å². The highest BCUT2D eigenvalue weighted by molar-refractivity contribution is 7.75. The summed E-state index contributed by atoms with van der Waals surface area (Å²) < 4.78 is 71.4. The maximum atomic E-state index is 12.7. The van der Waals surface area contributed by atoms with Crippen LogP contribution >= 0.6 is 23.5 Å². The van der Waals surface area contributed by atoms with Gasteiger partial charge in [0.05, 0.1) is 31.8 Å². The Kier molecular flexibility index (Phi) is 7.95. The van der Waals surface area contributed by atoms with E-state index in [0.717, 1.165) is 11.7 Å². The molecule has 0 spiro atoms. The molecular weight excluding hydrogens is 511 g/mol. The van der Waals surface area contributed by atoms with Crippen molar-refractivity contribution in [1.82, 2.24) is 9.55 Å². The first-order valence-electron chi connectivity index (χ1n) is 9.22. The summed E-state index contributed by atoms with van der Waals surface area (Å²) in [5.74, 6) is 0. The van der Waals surface area contributed by atoms with Crippen LogP contribution in [0.5, 0.6) is 0 Å². The molecule has 1 aromatic heterocycles. The third-order valence-corrected chi connectivity index (χ3v) is 10.2. The minimum absolute atomic E-state index is 0.00346. The zero-order valence-corrected chi connectivity index (χ0v) is 19.9. The molecule has 2 aliphatic heterocycles. The molecule has 0 aromatic carbocycles. The van der Waals surface area contributed by atoms with Gasteiger partial charge in [0.15, 0.2) is 0 Å². The highest BCUT2D eigenvalue weighted by Crippen LogP contribution is 2.81. The van der Waals surface area contributed by atoms with Gasteiger partial charge < -0.3 is 14.4 Å². The van der Waals surface area contributed by atoms with E-state index < -0.39 is 59.8 Å². The van der Waals surface area contributed by atoms with Crippen LogP contribution in [-0.2, 0) is 45.1 Å². The van der Waals surface area contributed by atoms with Crippen molar-refractivity contribution < 1.29 is 50.0 Å². The predicted octanol–water partition coefficient (Wildman–Crippen LogP) is 1.47. The average molecular weight is 531 g/mol. The van der Waals surface area contributed by atoms with Crippen molar-refractivity contribution >= 4 is 23.5 Å². The molecule has 2 saturated heterocycles. The number of hydrogen-bond acceptors (Lipinski definition) is 13. The molecule has 0 radical (unpaired) electrons. The third-order valence-electron chi connectivity index (χ3n) is 4.41. The highest BCUT2D eigenvalue weighted by Gasteiger charge is 2.56. The van der Waals surface area contributed by atoms with Crippen LogP contribution in [0.25, 0.3) is 0 Å². The van der Waals surface area contributed by atoms with Crippen LogP contribution in [0.2, 0.25) is 0 Å². The van der Waals surface area contributed by atoms with Crippen molar-refractivity contribution in [3.8, 4) is 6.07 Å². The lowest BCUT2D eigenvalue weighted by atomic mass is 10.2. The van der Waals surface area contributed by atoms with Crippen molar-refractivity contribution in [2.24, 2.45) is 0 Å². The molecule has 0 amide bonds. The van der Waals surface area contributed by atoms with Crippen molar-refractivity contribution in [2.75, 3.05) is 20.3 Å². The number of nitriles is 1. The van der Waals surface area contributed by atoms with Gasteiger partial charge in [-0.25, -0.2) is 18.5 Å². The van der Waals surface area contributed by atoms with Gasteiger partial charge in [-0.05, 0) is 6.92 Å². The first kappa shape index (κ1) is 26.2. The van der Waals surface area contributed by atoms with Crippen LogP contribution in [0.1, 0.15) is 24.6 Å². The Morgan fingerprint density at radius 1 is 1.27 bits per heavy atom. The van der Waals surface area contributed by atoms with E-state index in [9.17, 15) is 28.2 Å². The summed E-state index contributed by atoms with van der Waals surface area (Å²) in [5, 5.41) is 8.72. The number of nitrogens with zero attached hydrogens (tertiary/aromatic N) is 2. The lowest BCUT2D eigenvalue weighted by Gasteiger charge is -2.29. The fraction of sp³-hybridized carbons (Fsp3) is 0.643. The number of H-pyrrole nitrogens is 1. The molecule has 1 aromatic rings. The quantitative estimate of drug-likeness (QED) is 0.359. The van der Waals surface area contributed by atoms with Gasteiger partial charge in [0.25, 0.3) is 5.56 Å². The maximum absolute atomic E-state index is 12.7. The molecule has 4 unspecified atom stereocenters. The monoisotopic (exact) mass is 531 g/mol. The van der Waals surface area contributed by atoms with Gasteiger partial charge in [-0.3, -0.25) is 23.4 Å². The molecule has 33 heavy (non-hydrogen) atoms. The summed E-state index contributed by atoms with van der Waals surface area (Å²) in [6.45, 7) is 0.848. The summed E-state index contributed by atoms with van der Waals surface area (Å²) in [4.78, 5) is 35.5. The SMILES string of the molecule is COP1(=O)OP(=O)(O)OP(=O)(OC[C@H]2O[C@@H](n3cc(C)c(=O)[nH]c3=O)CC2OCCC#N)O1. The largest absolute Gasteiger partial charge is 0.492 e. The standard InChI is InChI=1S/C14H20N3O13P3/c1-9-7-17(14(19)16-13(9)18)12-6-10(25-5-3-4-15)11(27-12)8-26-33(23)29-31(20,21)28-32(22,24-2)30-33/h7,10-12H,3,5-6,8H2,1-2H3,(H,20,21)(H,16,18,19)/t10?,11-,12-,32?,33?/m1/s1. The first-order chi connectivity index (χ1) is 15.4. The van der Waals surface area contributed by atoms with Crippen LogP contribution in [0.3, 0.4) is 0 Å². The molecule has 0 aliphatic carbocycles. The molecule has 0 saturated carbocycles. The molecule has 2 N–H and O–H groups in total. The number of aryl methyl sites for hydroxylation is 1. The minimum Gasteiger partial charge on any atom is -0.374 e. The Bertz CT molecular complexity index is 1190. The Balaban J connectivity index is 1.79. The van der Waals surface area contributed by atoms with E-state index in [1.807, 2.05) is 6.07 Å². The predicted molar refractivity (Wildman–Crippen MR) is 106 cm³/mol. The minimum atomic E-state index is -5.11. The molecule has 184 valence electrons. The number of nitrogens with one attached hydrogen (secondary N) is 1. The van der Waals surface area contributed by atoms with Gasteiger partial charge in [0.1, 0.15) is 12.3 Å². The van der Waals surface area contributed by atoms with Crippen molar-refractivity contribution in [3.63, 3.8) is 0 Å². The Labute approximate surface area is 186 Å². The van der Waals surface area contributed by atoms with Crippen LogP contribution in [-0.4, -0.2) is 47.0 Å². The van der Waals surface area contributed by atoms with E-state index in [1.165, 1.54) is 13.1 Å². The summed E-state index contributed by atoms with van der Waals surface area (Å²) in [7, 11) is -13.9. The van der Waals surface area contributed by atoms with Crippen molar-refractivity contribution in [2.45, 2.75) is 38.2 Å². The Morgan fingerprint density at radius 3 is 2.64 bits per heavy atom. The number of aromatic amines is 1. The van der Waals surface area contributed by atoms with E-state index in [-0.39, 0.29) is 25.0 Å². The lowest BCUT2D eigenvalue weighted by Crippen LogP contribution is -2.33. The van der Waals surface area contributed by atoms with Gasteiger partial charge in [-0.15, -0.1) is 0 Å². The lowest BCUT2D eigenvalue weighted by molar-refractivity contribution is -0.0607. The van der Waals surface area contributed by atoms with Gasteiger partial charge in [0, 0.05) is 25.3 Å². The number of aromatic nitrogens is 2. The van der Waals surface area contributed by atoms with Crippen molar-refractivity contribution in [3.05, 3.63) is 32.6 Å². The molecule has 2 fully saturated rings. The van der Waals surface area contributed by atoms with Gasteiger partial charge in [-0.1, -0.05) is 0 Å². The molecule has 19 heteroatoms. The first-order valence-corrected chi connectivity index (χ1v) is 13.6. The maximum Gasteiger partial charge on any atom is 0.492 e. The van der Waals surface area contributed by atoms with Crippen molar-refractivity contribution in [1.29, 1.82) is 5.26 Å². The van der Waals surface area contributed by atoms with Crippen LogP contribution in [0.4, 0.5) is 0 Å². The summed E-state index contributed by atoms with van der Waals surface area (Å²) >= 11 is 0. The number of hydrogen-bond donors (Lipinski definition) is 2. The van der Waals surface area contributed by atoms with Gasteiger partial charge in [-0.2, -0.15) is 18.2 Å². The summed E-state index contributed by atoms with van der Waals surface area (Å²) in [6.07, 6.45) is -1.40. The molecule has 3 rings (SSSR count). The fourth-order valence-corrected chi connectivity index (χ4v) is 8.36. The average Bonchev–Trinajstić information content (AvgIpc) is 3.10. The highest BCUT2D eigenvalue weighted by atomic mass is 31.3. The zero-order valence-electron chi connectivity index (χ0n) is 17.2. The smallest absolute Gasteiger partial charge is 0.374 e. The fourth-order valence-electron chi connectivity index (χ4n) is 2.95. The summed E-state index contributed by atoms with van der Waals surface area (Å²) in [6, 6.07) is 1.89. The molecular formula is C14H20N3O13P3. The van der Waals surface area contributed by atoms with Gasteiger partial charge >= 0.3 is 29.2 Å². The molecule has 3 heterocycles. The molecule has 16 nitrogen and oxygen atoms in total. The van der Waals surface area contributed by atoms with Crippen LogP contribution in [0.15, 0.2) is 15.8 Å². The Hall–Kier alpha value is -1.46. The Morgan fingerprint density at radius 2 is 1.97 bits per heavy atom. The van der Waals surface area contributed by atoms with Gasteiger partial charge in [0.2, 0.25) is 0 Å². The molecule has 0 bridgehead atoms. The van der Waals surface area contributed by atoms with E-state index in [1.54, 1.807) is 0 Å². The van der Waals surface area contributed by atoms with E-state index in [0.29, 0.717) is 0 Å². The second-order valence-corrected chi connectivity index (χ2v) is 12.1.